The fraction of sp³-hybridized carbons (Fsp3) is 0.308. The number of nitrogens with zero attached hydrogens (tertiary/aromatic N) is 4. The summed E-state index contributed by atoms with van der Waals surface area (Å²) in [5.41, 5.74) is 13.6. The van der Waals surface area contributed by atoms with E-state index in [1.807, 2.05) is 37.4 Å². The molecule has 0 bridgehead atoms. The minimum atomic E-state index is -0.0756. The summed E-state index contributed by atoms with van der Waals surface area (Å²) in [6.45, 7) is 1.84. The van der Waals surface area contributed by atoms with Gasteiger partial charge in [-0.1, -0.05) is 18.2 Å². The van der Waals surface area contributed by atoms with E-state index in [1.165, 1.54) is 0 Å². The zero-order chi connectivity index (χ0) is 25.2. The van der Waals surface area contributed by atoms with Gasteiger partial charge in [-0.2, -0.15) is 0 Å². The van der Waals surface area contributed by atoms with Gasteiger partial charge in [0.05, 0.1) is 51.8 Å². The molecule has 4 N–H and O–H groups in total. The first-order valence-corrected chi connectivity index (χ1v) is 12.7. The molecule has 4 aromatic rings. The molecule has 0 aliphatic carbocycles. The lowest BCUT2D eigenvalue weighted by molar-refractivity contribution is 0.413. The molecular formula is C26H32N8OS. The average molecular weight is 505 g/mol. The van der Waals surface area contributed by atoms with E-state index in [0.29, 0.717) is 5.95 Å². The molecule has 2 aromatic carbocycles. The largest absolute Gasteiger partial charge is 0.494 e. The van der Waals surface area contributed by atoms with Crippen LogP contribution < -0.4 is 31.1 Å². The van der Waals surface area contributed by atoms with Gasteiger partial charge < -0.3 is 30.6 Å². The van der Waals surface area contributed by atoms with Gasteiger partial charge in [0.15, 0.2) is 0 Å². The number of benzene rings is 2. The summed E-state index contributed by atoms with van der Waals surface area (Å²) < 4.78 is 6.85. The number of hydrazine groups is 1. The van der Waals surface area contributed by atoms with Crippen LogP contribution in [-0.4, -0.2) is 63.3 Å². The first-order valence-electron chi connectivity index (χ1n) is 11.9. The molecular weight excluding hydrogens is 472 g/mol. The first-order chi connectivity index (χ1) is 17.5. The molecule has 10 heteroatoms. The Labute approximate surface area is 215 Å². The Morgan fingerprint density at radius 1 is 1.06 bits per heavy atom. The lowest BCUT2D eigenvalue weighted by atomic mass is 10.0. The quantitative estimate of drug-likeness (QED) is 0.263. The maximum atomic E-state index is 5.78. The Bertz CT molecular complexity index is 1370. The number of nitrogens with one attached hydrogen (secondary N) is 4. The summed E-state index contributed by atoms with van der Waals surface area (Å²) >= 11 is 1.65. The van der Waals surface area contributed by atoms with Crippen molar-refractivity contribution in [2.75, 3.05) is 69.3 Å². The number of para-hydroxylation sites is 1. The molecule has 1 atom stereocenters. The van der Waals surface area contributed by atoms with Crippen molar-refractivity contribution in [1.82, 2.24) is 20.3 Å². The second kappa shape index (κ2) is 10.2. The van der Waals surface area contributed by atoms with Crippen LogP contribution in [0, 0.1) is 0 Å². The SMILES string of the molecule is CNc1cc(Nc2nc(C3NNc4ccccc43)c3sccc3n2)c(OC)cc1N(C)CCN(C)C. The topological polar surface area (TPSA) is 89.6 Å². The molecule has 1 unspecified atom stereocenters. The van der Waals surface area contributed by atoms with Crippen LogP contribution in [0.25, 0.3) is 10.2 Å². The Kier molecular flexibility index (Phi) is 6.82. The van der Waals surface area contributed by atoms with E-state index in [2.05, 4.69) is 69.9 Å². The molecule has 36 heavy (non-hydrogen) atoms. The number of hydrogen-bond acceptors (Lipinski definition) is 10. The molecule has 5 rings (SSSR count). The summed E-state index contributed by atoms with van der Waals surface area (Å²) in [4.78, 5) is 14.2. The number of rotatable bonds is 9. The minimum Gasteiger partial charge on any atom is -0.494 e. The molecule has 2 aromatic heterocycles. The smallest absolute Gasteiger partial charge is 0.228 e. The number of thiophene rings is 1. The number of hydrogen-bond donors (Lipinski definition) is 4. The summed E-state index contributed by atoms with van der Waals surface area (Å²) in [5, 5.41) is 8.81. The average Bonchev–Trinajstić information content (AvgIpc) is 3.53. The van der Waals surface area contributed by atoms with Gasteiger partial charge >= 0.3 is 0 Å². The molecule has 1 aliphatic rings. The van der Waals surface area contributed by atoms with E-state index in [-0.39, 0.29) is 6.04 Å². The van der Waals surface area contributed by atoms with Crippen molar-refractivity contribution in [3.63, 3.8) is 0 Å². The Morgan fingerprint density at radius 3 is 2.67 bits per heavy atom. The van der Waals surface area contributed by atoms with Crippen molar-refractivity contribution < 1.29 is 4.74 Å². The highest BCUT2D eigenvalue weighted by Gasteiger charge is 2.27. The fourth-order valence-electron chi connectivity index (χ4n) is 4.39. The maximum Gasteiger partial charge on any atom is 0.228 e. The zero-order valence-electron chi connectivity index (χ0n) is 21.2. The highest BCUT2D eigenvalue weighted by Crippen LogP contribution is 2.40. The molecule has 0 amide bonds. The first kappa shape index (κ1) is 24.1. The van der Waals surface area contributed by atoms with Gasteiger partial charge in [0, 0.05) is 38.8 Å². The fourth-order valence-corrected chi connectivity index (χ4v) is 5.24. The summed E-state index contributed by atoms with van der Waals surface area (Å²) in [5.74, 6) is 1.25. The van der Waals surface area contributed by atoms with Crippen LogP contribution in [-0.2, 0) is 0 Å². The number of ether oxygens (including phenoxy) is 1. The molecule has 3 heterocycles. The second-order valence-electron chi connectivity index (χ2n) is 9.03. The van der Waals surface area contributed by atoms with E-state index in [9.17, 15) is 0 Å². The van der Waals surface area contributed by atoms with Crippen LogP contribution in [0.5, 0.6) is 5.75 Å². The van der Waals surface area contributed by atoms with Gasteiger partial charge in [0.1, 0.15) is 5.75 Å². The van der Waals surface area contributed by atoms with Crippen LogP contribution in [0.1, 0.15) is 17.3 Å². The van der Waals surface area contributed by atoms with Gasteiger partial charge in [0.2, 0.25) is 5.95 Å². The molecule has 1 aliphatic heterocycles. The van der Waals surface area contributed by atoms with Crippen LogP contribution in [0.3, 0.4) is 0 Å². The van der Waals surface area contributed by atoms with E-state index in [4.69, 9.17) is 14.7 Å². The molecule has 0 spiro atoms. The van der Waals surface area contributed by atoms with Gasteiger partial charge in [-0.25, -0.2) is 15.4 Å². The maximum absolute atomic E-state index is 5.78. The van der Waals surface area contributed by atoms with Gasteiger partial charge in [-0.05, 0) is 37.7 Å². The predicted octanol–water partition coefficient (Wildman–Crippen LogP) is 4.50. The van der Waals surface area contributed by atoms with Crippen molar-refractivity contribution in [3.05, 3.63) is 59.1 Å². The third kappa shape index (κ3) is 4.62. The van der Waals surface area contributed by atoms with E-state index < -0.39 is 0 Å². The standard InChI is InChI=1S/C26H32N8OS/c1-27-19-14-20(22(35-5)15-21(19)34(4)12-11-33(2)3)29-26-28-18-10-13-36-25(18)24(30-26)23-16-8-6-7-9-17(16)31-32-23/h6-10,13-15,23,27,31-32H,11-12H2,1-5H3,(H,28,29,30). The monoisotopic (exact) mass is 504 g/mol. The molecule has 0 fully saturated rings. The van der Waals surface area contributed by atoms with E-state index >= 15 is 0 Å². The third-order valence-electron chi connectivity index (χ3n) is 6.35. The summed E-state index contributed by atoms with van der Waals surface area (Å²) in [6.07, 6.45) is 0. The summed E-state index contributed by atoms with van der Waals surface area (Å²) in [6, 6.07) is 14.3. The van der Waals surface area contributed by atoms with Crippen LogP contribution in [0.15, 0.2) is 47.8 Å². The molecule has 9 nitrogen and oxygen atoms in total. The van der Waals surface area contributed by atoms with Crippen LogP contribution >= 0.6 is 11.3 Å². The van der Waals surface area contributed by atoms with Gasteiger partial charge in [0.25, 0.3) is 0 Å². The number of fused-ring (bicyclic) bond motifs is 2. The minimum absolute atomic E-state index is 0.0756. The highest BCUT2D eigenvalue weighted by molar-refractivity contribution is 7.17. The number of aromatic nitrogens is 2. The van der Waals surface area contributed by atoms with Gasteiger partial charge in [-0.15, -0.1) is 11.3 Å². The number of anilines is 5. The Balaban J connectivity index is 1.51. The molecule has 188 valence electrons. The van der Waals surface area contributed by atoms with Crippen LogP contribution in [0.4, 0.5) is 28.7 Å². The highest BCUT2D eigenvalue weighted by atomic mass is 32.1. The van der Waals surface area contributed by atoms with Crippen LogP contribution in [0.2, 0.25) is 0 Å². The third-order valence-corrected chi connectivity index (χ3v) is 7.28. The predicted molar refractivity (Wildman–Crippen MR) is 150 cm³/mol. The van der Waals surface area contributed by atoms with Crippen molar-refractivity contribution in [2.24, 2.45) is 0 Å². The normalized spacial score (nSPS) is 14.6. The van der Waals surface area contributed by atoms with Crippen molar-refractivity contribution >= 4 is 50.3 Å². The Morgan fingerprint density at radius 2 is 1.89 bits per heavy atom. The van der Waals surface area contributed by atoms with Crippen molar-refractivity contribution in [2.45, 2.75) is 6.04 Å². The Hall–Kier alpha value is -3.60. The molecule has 0 saturated carbocycles. The molecule has 0 saturated heterocycles. The van der Waals surface area contributed by atoms with Crippen molar-refractivity contribution in [3.8, 4) is 5.75 Å². The molecule has 0 radical (unpaired) electrons. The lowest BCUT2D eigenvalue weighted by Gasteiger charge is -2.25. The van der Waals surface area contributed by atoms with E-state index in [0.717, 1.165) is 63.1 Å². The van der Waals surface area contributed by atoms with E-state index in [1.54, 1.807) is 18.4 Å². The lowest BCUT2D eigenvalue weighted by Crippen LogP contribution is -2.29. The van der Waals surface area contributed by atoms with Crippen molar-refractivity contribution in [1.29, 1.82) is 0 Å². The number of likely N-dealkylation sites (N-methyl/N-ethyl adjacent to an activating group) is 2. The summed E-state index contributed by atoms with van der Waals surface area (Å²) in [7, 11) is 9.86. The second-order valence-corrected chi connectivity index (χ2v) is 9.94. The number of methoxy groups -OCH3 is 1. The van der Waals surface area contributed by atoms with Gasteiger partial charge in [-0.3, -0.25) is 0 Å². The zero-order valence-corrected chi connectivity index (χ0v) is 22.0.